The van der Waals surface area contributed by atoms with Gasteiger partial charge in [0.25, 0.3) is 0 Å². The minimum Gasteiger partial charge on any atom is -0.381 e. The number of nitrogens with one attached hydrogen (secondary N) is 2. The van der Waals surface area contributed by atoms with E-state index in [1.807, 2.05) is 11.4 Å². The molecule has 0 radical (unpaired) electrons. The molecule has 2 heterocycles. The van der Waals surface area contributed by atoms with Gasteiger partial charge in [-0.15, -0.1) is 11.3 Å². The maximum atomic E-state index is 12.8. The van der Waals surface area contributed by atoms with E-state index in [0.29, 0.717) is 25.4 Å². The Labute approximate surface area is 170 Å². The van der Waals surface area contributed by atoms with Crippen LogP contribution in [0, 0.1) is 5.92 Å². The zero-order valence-electron chi connectivity index (χ0n) is 16.1. The molecule has 0 unspecified atom stereocenters. The number of amides is 1. The predicted molar refractivity (Wildman–Crippen MR) is 111 cm³/mol. The van der Waals surface area contributed by atoms with E-state index in [9.17, 15) is 13.2 Å². The standard InChI is InChI=1S/C20H26N2O4S2/c1-15(2)19(23)22-16-5-7-17(8-6-16)28(24,25)21-14-20(9-11-26-12-10-20)18-4-3-13-27-18/h3-8,13,15,21H,9-12,14H2,1-2H3,(H,22,23). The molecule has 1 amide bonds. The maximum absolute atomic E-state index is 12.8. The molecule has 0 aliphatic carbocycles. The lowest BCUT2D eigenvalue weighted by Crippen LogP contribution is -2.44. The van der Waals surface area contributed by atoms with Crippen molar-refractivity contribution < 1.29 is 17.9 Å². The number of hydrogen-bond acceptors (Lipinski definition) is 5. The summed E-state index contributed by atoms with van der Waals surface area (Å²) in [7, 11) is -3.65. The van der Waals surface area contributed by atoms with Crippen molar-refractivity contribution >= 4 is 33.0 Å². The second-order valence-corrected chi connectivity index (χ2v) is 10.1. The highest BCUT2D eigenvalue weighted by Crippen LogP contribution is 2.37. The lowest BCUT2D eigenvalue weighted by molar-refractivity contribution is -0.118. The smallest absolute Gasteiger partial charge is 0.240 e. The summed E-state index contributed by atoms with van der Waals surface area (Å²) in [6.07, 6.45) is 1.58. The molecule has 1 aromatic carbocycles. The molecule has 0 atom stereocenters. The normalized spacial score (nSPS) is 16.8. The Balaban J connectivity index is 1.71. The van der Waals surface area contributed by atoms with Crippen LogP contribution in [0.5, 0.6) is 0 Å². The Morgan fingerprint density at radius 3 is 2.43 bits per heavy atom. The van der Waals surface area contributed by atoms with E-state index in [1.54, 1.807) is 37.3 Å². The van der Waals surface area contributed by atoms with Crippen molar-refractivity contribution in [3.05, 3.63) is 46.7 Å². The topological polar surface area (TPSA) is 84.5 Å². The molecule has 0 bridgehead atoms. The second-order valence-electron chi connectivity index (χ2n) is 7.36. The van der Waals surface area contributed by atoms with Crippen LogP contribution in [-0.4, -0.2) is 34.1 Å². The Hall–Kier alpha value is -1.74. The number of anilines is 1. The van der Waals surface area contributed by atoms with Gasteiger partial charge in [0.05, 0.1) is 4.90 Å². The van der Waals surface area contributed by atoms with E-state index in [-0.39, 0.29) is 22.1 Å². The van der Waals surface area contributed by atoms with Crippen LogP contribution in [0.25, 0.3) is 0 Å². The third-order valence-corrected chi connectivity index (χ3v) is 7.58. The number of carbonyl (C=O) groups is 1. The second kappa shape index (κ2) is 8.73. The van der Waals surface area contributed by atoms with Gasteiger partial charge in [0.2, 0.25) is 15.9 Å². The number of benzene rings is 1. The monoisotopic (exact) mass is 422 g/mol. The van der Waals surface area contributed by atoms with Gasteiger partial charge in [-0.1, -0.05) is 19.9 Å². The first-order valence-electron chi connectivity index (χ1n) is 9.35. The van der Waals surface area contributed by atoms with Gasteiger partial charge in [0.15, 0.2) is 0 Å². The highest BCUT2D eigenvalue weighted by Gasteiger charge is 2.36. The average Bonchev–Trinajstić information content (AvgIpc) is 3.23. The SMILES string of the molecule is CC(C)C(=O)Nc1ccc(S(=O)(=O)NCC2(c3cccs3)CCOCC2)cc1. The molecule has 1 aliphatic rings. The molecule has 1 fully saturated rings. The molecule has 3 rings (SSSR count). The first kappa shape index (κ1) is 21.0. The lowest BCUT2D eigenvalue weighted by Gasteiger charge is -2.36. The molecule has 2 aromatic rings. The van der Waals surface area contributed by atoms with Crippen molar-refractivity contribution in [2.45, 2.75) is 37.0 Å². The van der Waals surface area contributed by atoms with Crippen molar-refractivity contribution in [1.29, 1.82) is 0 Å². The number of carbonyl (C=O) groups excluding carboxylic acids is 1. The van der Waals surface area contributed by atoms with E-state index < -0.39 is 10.0 Å². The first-order valence-corrected chi connectivity index (χ1v) is 11.7. The summed E-state index contributed by atoms with van der Waals surface area (Å²) in [5, 5.41) is 4.78. The quantitative estimate of drug-likeness (QED) is 0.716. The molecule has 2 N–H and O–H groups in total. The zero-order chi connectivity index (χ0) is 20.2. The van der Waals surface area contributed by atoms with Crippen LogP contribution in [0.15, 0.2) is 46.7 Å². The van der Waals surface area contributed by atoms with Crippen LogP contribution in [-0.2, 0) is 25.0 Å². The highest BCUT2D eigenvalue weighted by atomic mass is 32.2. The summed E-state index contributed by atoms with van der Waals surface area (Å²) in [6, 6.07) is 10.3. The van der Waals surface area contributed by atoms with Gasteiger partial charge < -0.3 is 10.1 Å². The van der Waals surface area contributed by atoms with Crippen LogP contribution < -0.4 is 10.0 Å². The predicted octanol–water partition coefficient (Wildman–Crippen LogP) is 3.37. The lowest BCUT2D eigenvalue weighted by atomic mass is 9.79. The molecule has 1 aliphatic heterocycles. The number of sulfonamides is 1. The average molecular weight is 423 g/mol. The van der Waals surface area contributed by atoms with E-state index in [1.165, 1.54) is 17.0 Å². The Morgan fingerprint density at radius 1 is 1.18 bits per heavy atom. The molecule has 6 nitrogen and oxygen atoms in total. The van der Waals surface area contributed by atoms with E-state index in [0.717, 1.165) is 12.8 Å². The molecule has 28 heavy (non-hydrogen) atoms. The minimum absolute atomic E-state index is 0.105. The Bertz CT molecular complexity index is 885. The van der Waals surface area contributed by atoms with Crippen molar-refractivity contribution in [2.75, 3.05) is 25.1 Å². The maximum Gasteiger partial charge on any atom is 0.240 e. The summed E-state index contributed by atoms with van der Waals surface area (Å²) in [5.41, 5.74) is 0.349. The van der Waals surface area contributed by atoms with Crippen molar-refractivity contribution in [1.82, 2.24) is 4.72 Å². The summed E-state index contributed by atoms with van der Waals surface area (Å²) >= 11 is 1.65. The molecule has 1 aromatic heterocycles. The van der Waals surface area contributed by atoms with Gasteiger partial charge in [-0.25, -0.2) is 13.1 Å². The van der Waals surface area contributed by atoms with E-state index >= 15 is 0 Å². The largest absolute Gasteiger partial charge is 0.381 e. The summed E-state index contributed by atoms with van der Waals surface area (Å²) in [4.78, 5) is 13.1. The molecule has 8 heteroatoms. The number of thiophene rings is 1. The van der Waals surface area contributed by atoms with Crippen LogP contribution in [0.3, 0.4) is 0 Å². The van der Waals surface area contributed by atoms with Crippen LogP contribution in [0.1, 0.15) is 31.6 Å². The fourth-order valence-corrected chi connectivity index (χ4v) is 5.29. The minimum atomic E-state index is -3.65. The Morgan fingerprint density at radius 2 is 1.86 bits per heavy atom. The van der Waals surface area contributed by atoms with Crippen LogP contribution in [0.4, 0.5) is 5.69 Å². The van der Waals surface area contributed by atoms with E-state index in [2.05, 4.69) is 16.1 Å². The number of hydrogen-bond donors (Lipinski definition) is 2. The summed E-state index contributed by atoms with van der Waals surface area (Å²) in [5.74, 6) is -0.246. The molecular formula is C20H26N2O4S2. The van der Waals surface area contributed by atoms with Crippen molar-refractivity contribution in [3.63, 3.8) is 0 Å². The van der Waals surface area contributed by atoms with Gasteiger partial charge in [-0.2, -0.15) is 0 Å². The third kappa shape index (κ3) is 4.81. The fourth-order valence-electron chi connectivity index (χ4n) is 3.17. The fraction of sp³-hybridized carbons (Fsp3) is 0.450. The Kier molecular flexibility index (Phi) is 6.54. The van der Waals surface area contributed by atoms with Gasteiger partial charge >= 0.3 is 0 Å². The van der Waals surface area contributed by atoms with Crippen LogP contribution >= 0.6 is 11.3 Å². The van der Waals surface area contributed by atoms with Crippen molar-refractivity contribution in [2.24, 2.45) is 5.92 Å². The number of ether oxygens (including phenoxy) is 1. The van der Waals surface area contributed by atoms with Gasteiger partial charge in [-0.05, 0) is 48.6 Å². The number of rotatable bonds is 7. The molecule has 0 saturated carbocycles. The highest BCUT2D eigenvalue weighted by molar-refractivity contribution is 7.89. The summed E-state index contributed by atoms with van der Waals surface area (Å²) < 4.78 is 33.9. The van der Waals surface area contributed by atoms with Crippen LogP contribution in [0.2, 0.25) is 0 Å². The molecule has 1 saturated heterocycles. The van der Waals surface area contributed by atoms with Crippen molar-refractivity contribution in [3.8, 4) is 0 Å². The van der Waals surface area contributed by atoms with Gasteiger partial charge in [0.1, 0.15) is 0 Å². The first-order chi connectivity index (χ1) is 13.3. The van der Waals surface area contributed by atoms with Gasteiger partial charge in [0, 0.05) is 41.7 Å². The molecule has 0 spiro atoms. The molecular weight excluding hydrogens is 396 g/mol. The van der Waals surface area contributed by atoms with Gasteiger partial charge in [-0.3, -0.25) is 4.79 Å². The molecule has 152 valence electrons. The summed E-state index contributed by atoms with van der Waals surface area (Å²) in [6.45, 7) is 5.20. The third-order valence-electron chi connectivity index (χ3n) is 5.05. The van der Waals surface area contributed by atoms with E-state index in [4.69, 9.17) is 4.74 Å². The zero-order valence-corrected chi connectivity index (χ0v) is 17.7.